The van der Waals surface area contributed by atoms with Gasteiger partial charge in [-0.2, -0.15) is 0 Å². The maximum atomic E-state index is 11.6. The Labute approximate surface area is 114 Å². The Morgan fingerprint density at radius 3 is 2.79 bits per heavy atom. The molecule has 2 fully saturated rings. The molecule has 19 heavy (non-hydrogen) atoms. The minimum absolute atomic E-state index is 0.220. The summed E-state index contributed by atoms with van der Waals surface area (Å²) in [5.74, 6) is 0.585. The highest BCUT2D eigenvalue weighted by atomic mass is 16.5. The number of carbonyl (C=O) groups excluding carboxylic acids is 1. The van der Waals surface area contributed by atoms with Crippen LogP contribution in [0, 0.1) is 5.92 Å². The SMILES string of the molecule is CCOC(=O)c1ccc(C23CCN(C)CC2C3)cc1. The summed E-state index contributed by atoms with van der Waals surface area (Å²) in [4.78, 5) is 14.1. The summed E-state index contributed by atoms with van der Waals surface area (Å²) in [7, 11) is 2.20. The van der Waals surface area contributed by atoms with Gasteiger partial charge < -0.3 is 9.64 Å². The van der Waals surface area contributed by atoms with E-state index in [4.69, 9.17) is 4.74 Å². The Morgan fingerprint density at radius 2 is 2.16 bits per heavy atom. The summed E-state index contributed by atoms with van der Waals surface area (Å²) in [5, 5.41) is 0. The van der Waals surface area contributed by atoms with Gasteiger partial charge in [-0.1, -0.05) is 12.1 Å². The number of ether oxygens (including phenoxy) is 1. The molecule has 1 heterocycles. The van der Waals surface area contributed by atoms with Crippen LogP contribution in [0.15, 0.2) is 24.3 Å². The molecule has 2 atom stereocenters. The molecule has 0 amide bonds. The molecule has 1 aromatic rings. The molecule has 0 spiro atoms. The molecule has 3 nitrogen and oxygen atoms in total. The minimum Gasteiger partial charge on any atom is -0.462 e. The molecule has 0 N–H and O–H groups in total. The van der Waals surface area contributed by atoms with Crippen LogP contribution in [-0.4, -0.2) is 37.6 Å². The first-order valence-corrected chi connectivity index (χ1v) is 7.12. The highest BCUT2D eigenvalue weighted by Crippen LogP contribution is 2.58. The lowest BCUT2D eigenvalue weighted by Gasteiger charge is -2.29. The van der Waals surface area contributed by atoms with Crippen molar-refractivity contribution in [1.29, 1.82) is 0 Å². The third-order valence-electron chi connectivity index (χ3n) is 4.67. The molecule has 0 bridgehead atoms. The van der Waals surface area contributed by atoms with E-state index in [1.165, 1.54) is 31.5 Å². The zero-order valence-electron chi connectivity index (χ0n) is 11.7. The quantitative estimate of drug-likeness (QED) is 0.781. The Morgan fingerprint density at radius 1 is 1.42 bits per heavy atom. The Balaban J connectivity index is 1.75. The molecule has 3 rings (SSSR count). The van der Waals surface area contributed by atoms with E-state index in [9.17, 15) is 4.79 Å². The lowest BCUT2D eigenvalue weighted by Crippen LogP contribution is -2.33. The average molecular weight is 259 g/mol. The van der Waals surface area contributed by atoms with Gasteiger partial charge in [0.15, 0.2) is 0 Å². The zero-order chi connectivity index (χ0) is 13.5. The average Bonchev–Trinajstić information content (AvgIpc) is 3.14. The van der Waals surface area contributed by atoms with Gasteiger partial charge in [0.05, 0.1) is 12.2 Å². The van der Waals surface area contributed by atoms with Gasteiger partial charge in [-0.15, -0.1) is 0 Å². The van der Waals surface area contributed by atoms with Crippen molar-refractivity contribution in [1.82, 2.24) is 4.90 Å². The number of piperidine rings is 1. The molecule has 3 heteroatoms. The lowest BCUT2D eigenvalue weighted by molar-refractivity contribution is 0.0526. The van der Waals surface area contributed by atoms with Crippen LogP contribution in [0.25, 0.3) is 0 Å². The van der Waals surface area contributed by atoms with Crippen molar-refractivity contribution < 1.29 is 9.53 Å². The first-order chi connectivity index (χ1) is 9.15. The van der Waals surface area contributed by atoms with E-state index >= 15 is 0 Å². The number of likely N-dealkylation sites (tertiary alicyclic amines) is 1. The summed E-state index contributed by atoms with van der Waals surface area (Å²) in [6.45, 7) is 4.65. The van der Waals surface area contributed by atoms with Crippen LogP contribution in [0.1, 0.15) is 35.7 Å². The van der Waals surface area contributed by atoms with Gasteiger partial charge in [0.2, 0.25) is 0 Å². The number of rotatable bonds is 3. The van der Waals surface area contributed by atoms with Gasteiger partial charge in [0.25, 0.3) is 0 Å². The number of benzene rings is 1. The zero-order valence-corrected chi connectivity index (χ0v) is 11.7. The number of carbonyl (C=O) groups is 1. The summed E-state index contributed by atoms with van der Waals surface area (Å²) in [5.41, 5.74) is 2.46. The fourth-order valence-electron chi connectivity index (χ4n) is 3.43. The maximum Gasteiger partial charge on any atom is 0.338 e. The van der Waals surface area contributed by atoms with Gasteiger partial charge in [0.1, 0.15) is 0 Å². The Bertz CT molecular complexity index is 482. The lowest BCUT2D eigenvalue weighted by atomic mass is 9.87. The van der Waals surface area contributed by atoms with Gasteiger partial charge in [-0.3, -0.25) is 0 Å². The Kier molecular flexibility index (Phi) is 3.09. The van der Waals surface area contributed by atoms with Crippen molar-refractivity contribution in [2.45, 2.75) is 25.2 Å². The summed E-state index contributed by atoms with van der Waals surface area (Å²) in [6.07, 6.45) is 2.54. The second kappa shape index (κ2) is 4.64. The predicted octanol–water partition coefficient (Wildman–Crippen LogP) is 2.46. The topological polar surface area (TPSA) is 29.5 Å². The number of fused-ring (bicyclic) bond motifs is 1. The molecule has 1 aliphatic carbocycles. The first-order valence-electron chi connectivity index (χ1n) is 7.12. The van der Waals surface area contributed by atoms with Crippen LogP contribution >= 0.6 is 0 Å². The van der Waals surface area contributed by atoms with Gasteiger partial charge in [0, 0.05) is 12.0 Å². The largest absolute Gasteiger partial charge is 0.462 e. The van der Waals surface area contributed by atoms with E-state index in [0.29, 0.717) is 17.6 Å². The third kappa shape index (κ3) is 2.16. The Hall–Kier alpha value is -1.35. The van der Waals surface area contributed by atoms with Crippen LogP contribution in [-0.2, 0) is 10.2 Å². The second-order valence-corrected chi connectivity index (χ2v) is 5.87. The smallest absolute Gasteiger partial charge is 0.338 e. The van der Waals surface area contributed by atoms with E-state index in [1.807, 2.05) is 19.1 Å². The maximum absolute atomic E-state index is 11.6. The standard InChI is InChI=1S/C16H21NO2/c1-3-19-15(18)12-4-6-13(7-5-12)16-8-9-17(2)11-14(16)10-16/h4-7,14H,3,8-11H2,1-2H3. The second-order valence-electron chi connectivity index (χ2n) is 5.87. The van der Waals surface area contributed by atoms with Crippen molar-refractivity contribution in [3.63, 3.8) is 0 Å². The summed E-state index contributed by atoms with van der Waals surface area (Å²) >= 11 is 0. The molecule has 1 saturated heterocycles. The highest BCUT2D eigenvalue weighted by Gasteiger charge is 2.56. The monoisotopic (exact) mass is 259 g/mol. The van der Waals surface area contributed by atoms with Crippen molar-refractivity contribution >= 4 is 5.97 Å². The van der Waals surface area contributed by atoms with Crippen molar-refractivity contribution in [2.24, 2.45) is 5.92 Å². The van der Waals surface area contributed by atoms with E-state index in [2.05, 4.69) is 24.1 Å². The molecule has 1 saturated carbocycles. The summed E-state index contributed by atoms with van der Waals surface area (Å²) in [6, 6.07) is 8.07. The summed E-state index contributed by atoms with van der Waals surface area (Å²) < 4.78 is 5.02. The molecule has 2 aliphatic rings. The number of hydrogen-bond donors (Lipinski definition) is 0. The highest BCUT2D eigenvalue weighted by molar-refractivity contribution is 5.89. The van der Waals surface area contributed by atoms with Crippen LogP contribution in [0.4, 0.5) is 0 Å². The normalized spacial score (nSPS) is 29.7. The molecular weight excluding hydrogens is 238 g/mol. The van der Waals surface area contributed by atoms with E-state index in [1.54, 1.807) is 0 Å². The molecule has 0 aromatic heterocycles. The van der Waals surface area contributed by atoms with Crippen molar-refractivity contribution in [3.8, 4) is 0 Å². The van der Waals surface area contributed by atoms with Crippen LogP contribution in [0.5, 0.6) is 0 Å². The van der Waals surface area contributed by atoms with Crippen LogP contribution in [0.2, 0.25) is 0 Å². The van der Waals surface area contributed by atoms with E-state index < -0.39 is 0 Å². The predicted molar refractivity (Wildman–Crippen MR) is 74.3 cm³/mol. The van der Waals surface area contributed by atoms with Crippen LogP contribution in [0.3, 0.4) is 0 Å². The molecule has 0 radical (unpaired) electrons. The number of nitrogens with zero attached hydrogens (tertiary/aromatic N) is 1. The van der Waals surface area contributed by atoms with E-state index in [-0.39, 0.29) is 5.97 Å². The molecular formula is C16H21NO2. The molecule has 2 unspecified atom stereocenters. The van der Waals surface area contributed by atoms with Gasteiger partial charge >= 0.3 is 5.97 Å². The minimum atomic E-state index is -0.220. The number of hydrogen-bond acceptors (Lipinski definition) is 3. The van der Waals surface area contributed by atoms with Crippen LogP contribution < -0.4 is 0 Å². The number of esters is 1. The van der Waals surface area contributed by atoms with Gasteiger partial charge in [-0.05, 0) is 57.0 Å². The van der Waals surface area contributed by atoms with Gasteiger partial charge in [-0.25, -0.2) is 4.79 Å². The van der Waals surface area contributed by atoms with Crippen molar-refractivity contribution in [3.05, 3.63) is 35.4 Å². The fraction of sp³-hybridized carbons (Fsp3) is 0.562. The third-order valence-corrected chi connectivity index (χ3v) is 4.67. The molecule has 1 aromatic carbocycles. The fourth-order valence-corrected chi connectivity index (χ4v) is 3.43. The molecule has 102 valence electrons. The van der Waals surface area contributed by atoms with E-state index in [0.717, 1.165) is 5.92 Å². The molecule has 1 aliphatic heterocycles. The first kappa shape index (κ1) is 12.7. The van der Waals surface area contributed by atoms with Crippen molar-refractivity contribution in [2.75, 3.05) is 26.7 Å².